The van der Waals surface area contributed by atoms with Gasteiger partial charge in [-0.25, -0.2) is 0 Å². The number of nitrogens with one attached hydrogen (secondary N) is 1. The molecule has 0 heterocycles. The SMILES string of the molecule is CNCC(N)C(=O)O.NC(CS)C(=O)O.NCC(N)C(=O)O. The third-order valence-corrected chi connectivity index (χ3v) is 2.22. The highest BCUT2D eigenvalue weighted by Gasteiger charge is 2.08. The molecule has 0 saturated carbocycles. The van der Waals surface area contributed by atoms with Crippen molar-refractivity contribution in [2.24, 2.45) is 22.9 Å². The van der Waals surface area contributed by atoms with Crippen LogP contribution in [0.15, 0.2) is 0 Å². The summed E-state index contributed by atoms with van der Waals surface area (Å²) in [5.41, 5.74) is 19.8. The summed E-state index contributed by atoms with van der Waals surface area (Å²) in [6.07, 6.45) is 0. The van der Waals surface area contributed by atoms with E-state index in [4.69, 9.17) is 38.3 Å². The topological polar surface area (TPSA) is 228 Å². The summed E-state index contributed by atoms with van der Waals surface area (Å²) in [5, 5.41) is 26.8. The van der Waals surface area contributed by atoms with Crippen molar-refractivity contribution in [2.75, 3.05) is 25.9 Å². The van der Waals surface area contributed by atoms with Gasteiger partial charge in [0, 0.05) is 18.8 Å². The summed E-state index contributed by atoms with van der Waals surface area (Å²) in [5.74, 6) is -2.84. The van der Waals surface area contributed by atoms with Gasteiger partial charge in [-0.2, -0.15) is 12.6 Å². The average Bonchev–Trinajstić information content (AvgIpc) is 2.46. The molecule has 0 rings (SSSR count). The second-order valence-electron chi connectivity index (χ2n) is 3.81. The standard InChI is InChI=1S/C4H10N2O2.C3H8N2O2.C3H7NO2S/c1-6-2-3(5)4(7)8;4-1-2(5)3(6)7;4-2(1-7)3(5)6/h3,6H,2,5H2,1H3,(H,7,8);2H,1,4-5H2,(H,6,7);2,7H,1,4H2,(H,5,6). The van der Waals surface area contributed by atoms with Gasteiger partial charge in [-0.3, -0.25) is 14.4 Å². The zero-order valence-corrected chi connectivity index (χ0v) is 13.1. The van der Waals surface area contributed by atoms with Gasteiger partial charge in [0.25, 0.3) is 0 Å². The Kier molecular flexibility index (Phi) is 18.5. The van der Waals surface area contributed by atoms with E-state index in [0.717, 1.165) is 0 Å². The molecule has 0 radical (unpaired) electrons. The first kappa shape index (κ1) is 25.5. The summed E-state index contributed by atoms with van der Waals surface area (Å²) >= 11 is 3.65. The number of thiol groups is 1. The minimum absolute atomic E-state index is 0.00463. The largest absolute Gasteiger partial charge is 0.480 e. The lowest BCUT2D eigenvalue weighted by Gasteiger charge is -2.02. The Balaban J connectivity index is -0.000000247. The lowest BCUT2D eigenvalue weighted by molar-refractivity contribution is -0.139. The molecule has 11 nitrogen and oxygen atoms in total. The van der Waals surface area contributed by atoms with Gasteiger partial charge in [0.15, 0.2) is 0 Å². The summed E-state index contributed by atoms with van der Waals surface area (Å²) in [7, 11) is 1.66. The third-order valence-electron chi connectivity index (χ3n) is 1.83. The van der Waals surface area contributed by atoms with Crippen molar-refractivity contribution in [1.82, 2.24) is 5.32 Å². The van der Waals surface area contributed by atoms with Crippen LogP contribution >= 0.6 is 12.6 Å². The van der Waals surface area contributed by atoms with E-state index in [1.54, 1.807) is 7.05 Å². The van der Waals surface area contributed by atoms with Gasteiger partial charge in [0.2, 0.25) is 0 Å². The molecule has 0 aliphatic rings. The van der Waals surface area contributed by atoms with Crippen LogP contribution in [0.4, 0.5) is 0 Å². The number of hydrogen-bond donors (Lipinski definition) is 9. The zero-order chi connectivity index (χ0) is 18.3. The third kappa shape index (κ3) is 18.6. The fraction of sp³-hybridized carbons (Fsp3) is 0.700. The van der Waals surface area contributed by atoms with E-state index in [9.17, 15) is 14.4 Å². The molecule has 0 aromatic carbocycles. The van der Waals surface area contributed by atoms with Crippen molar-refractivity contribution in [2.45, 2.75) is 18.1 Å². The molecule has 3 unspecified atom stereocenters. The summed E-state index contributed by atoms with van der Waals surface area (Å²) in [4.78, 5) is 29.4. The number of nitrogens with two attached hydrogens (primary N) is 4. The highest BCUT2D eigenvalue weighted by atomic mass is 32.1. The fourth-order valence-corrected chi connectivity index (χ4v) is 0.642. The number of aliphatic carboxylic acids is 3. The van der Waals surface area contributed by atoms with Crippen LogP contribution < -0.4 is 28.3 Å². The molecule has 0 aliphatic carbocycles. The Hall–Kier alpha value is -1.44. The Morgan fingerprint density at radius 3 is 1.36 bits per heavy atom. The predicted molar refractivity (Wildman–Crippen MR) is 83.7 cm³/mol. The van der Waals surface area contributed by atoms with Crippen LogP contribution in [-0.4, -0.2) is 77.2 Å². The summed E-state index contributed by atoms with van der Waals surface area (Å²) < 4.78 is 0. The van der Waals surface area contributed by atoms with Crippen molar-refractivity contribution >= 4 is 30.5 Å². The van der Waals surface area contributed by atoms with Crippen LogP contribution in [0.3, 0.4) is 0 Å². The molecule has 12 heteroatoms. The maximum Gasteiger partial charge on any atom is 0.321 e. The first-order valence-electron chi connectivity index (χ1n) is 5.95. The van der Waals surface area contributed by atoms with E-state index in [-0.39, 0.29) is 12.3 Å². The van der Waals surface area contributed by atoms with Crippen molar-refractivity contribution in [3.05, 3.63) is 0 Å². The van der Waals surface area contributed by atoms with Crippen LogP contribution in [0.1, 0.15) is 0 Å². The first-order valence-corrected chi connectivity index (χ1v) is 6.58. The molecular formula is C10H25N5O6S. The first-order chi connectivity index (χ1) is 10.0. The highest BCUT2D eigenvalue weighted by molar-refractivity contribution is 7.80. The normalized spacial score (nSPS) is 13.4. The Bertz CT molecular complexity index is 313. The fourth-order valence-electron chi connectivity index (χ4n) is 0.486. The maximum absolute atomic E-state index is 9.92. The molecule has 12 N–H and O–H groups in total. The van der Waals surface area contributed by atoms with Crippen LogP contribution in [0.5, 0.6) is 0 Å². The van der Waals surface area contributed by atoms with Crippen LogP contribution in [-0.2, 0) is 14.4 Å². The Labute approximate surface area is 133 Å². The quantitative estimate of drug-likeness (QED) is 0.204. The van der Waals surface area contributed by atoms with E-state index >= 15 is 0 Å². The number of likely N-dealkylation sites (N-methyl/N-ethyl adjacent to an activating group) is 1. The molecule has 132 valence electrons. The van der Waals surface area contributed by atoms with E-state index < -0.39 is 36.0 Å². The second kappa shape index (κ2) is 15.9. The molecule has 0 saturated heterocycles. The molecule has 22 heavy (non-hydrogen) atoms. The Morgan fingerprint density at radius 2 is 1.32 bits per heavy atom. The van der Waals surface area contributed by atoms with Gasteiger partial charge in [-0.05, 0) is 7.05 Å². The van der Waals surface area contributed by atoms with Crippen LogP contribution in [0.25, 0.3) is 0 Å². The molecule has 0 fully saturated rings. The molecule has 0 amide bonds. The van der Waals surface area contributed by atoms with Crippen molar-refractivity contribution in [1.29, 1.82) is 0 Å². The molecule has 0 aliphatic heterocycles. The van der Waals surface area contributed by atoms with E-state index in [1.807, 2.05) is 0 Å². The number of hydrogen-bond acceptors (Lipinski definition) is 9. The van der Waals surface area contributed by atoms with Gasteiger partial charge in [-0.1, -0.05) is 0 Å². The number of rotatable bonds is 7. The van der Waals surface area contributed by atoms with Crippen molar-refractivity contribution in [3.63, 3.8) is 0 Å². The smallest absolute Gasteiger partial charge is 0.321 e. The number of carboxylic acids is 3. The van der Waals surface area contributed by atoms with Crippen molar-refractivity contribution < 1.29 is 29.7 Å². The average molecular weight is 343 g/mol. The molecule has 0 aromatic heterocycles. The van der Waals surface area contributed by atoms with E-state index in [0.29, 0.717) is 6.54 Å². The van der Waals surface area contributed by atoms with Crippen LogP contribution in [0, 0.1) is 0 Å². The monoisotopic (exact) mass is 343 g/mol. The lowest BCUT2D eigenvalue weighted by atomic mass is 10.3. The molecule has 0 aromatic rings. The van der Waals surface area contributed by atoms with E-state index in [1.165, 1.54) is 0 Å². The molecule has 0 spiro atoms. The summed E-state index contributed by atoms with van der Waals surface area (Å²) in [6.45, 7) is 0.310. The lowest BCUT2D eigenvalue weighted by Crippen LogP contribution is -2.38. The molecule has 3 atom stereocenters. The van der Waals surface area contributed by atoms with E-state index in [2.05, 4.69) is 17.9 Å². The van der Waals surface area contributed by atoms with Crippen LogP contribution in [0.2, 0.25) is 0 Å². The molecule has 0 bridgehead atoms. The van der Waals surface area contributed by atoms with Gasteiger partial charge >= 0.3 is 17.9 Å². The number of carboxylic acid groups (broad SMARTS) is 3. The Morgan fingerprint density at radius 1 is 0.955 bits per heavy atom. The van der Waals surface area contributed by atoms with Gasteiger partial charge in [0.05, 0.1) is 0 Å². The van der Waals surface area contributed by atoms with Crippen molar-refractivity contribution in [3.8, 4) is 0 Å². The minimum atomic E-state index is -1.05. The summed E-state index contributed by atoms with van der Waals surface area (Å²) in [6, 6.07) is -2.50. The van der Waals surface area contributed by atoms with Gasteiger partial charge in [0.1, 0.15) is 18.1 Å². The second-order valence-corrected chi connectivity index (χ2v) is 4.18. The van der Waals surface area contributed by atoms with Gasteiger partial charge < -0.3 is 43.6 Å². The minimum Gasteiger partial charge on any atom is -0.480 e. The highest BCUT2D eigenvalue weighted by Crippen LogP contribution is 1.80. The number of carbonyl (C=O) groups is 3. The molecular weight excluding hydrogens is 318 g/mol. The maximum atomic E-state index is 9.92. The van der Waals surface area contributed by atoms with Gasteiger partial charge in [-0.15, -0.1) is 0 Å². The predicted octanol–water partition coefficient (Wildman–Crippen LogP) is -3.70. The zero-order valence-electron chi connectivity index (χ0n) is 12.2.